The van der Waals surface area contributed by atoms with Crippen molar-refractivity contribution in [3.8, 4) is 0 Å². The number of nitrogens with zero attached hydrogens (tertiary/aromatic N) is 2. The van der Waals surface area contributed by atoms with E-state index >= 15 is 0 Å². The van der Waals surface area contributed by atoms with Gasteiger partial charge in [-0.3, -0.25) is 19.8 Å². The van der Waals surface area contributed by atoms with Crippen LogP contribution in [0.25, 0.3) is 0 Å². The molecule has 9 heteroatoms. The first-order chi connectivity index (χ1) is 12.1. The molecule has 1 amide bonds. The number of esters is 1. The van der Waals surface area contributed by atoms with Crippen LogP contribution >= 0.6 is 0 Å². The van der Waals surface area contributed by atoms with E-state index in [1.165, 1.54) is 29.2 Å². The molecule has 1 aromatic carbocycles. The summed E-state index contributed by atoms with van der Waals surface area (Å²) in [5, 5.41) is 10.6. The number of ether oxygens (including phenoxy) is 2. The average Bonchev–Trinajstić information content (AvgIpc) is 2.92. The molecule has 2 rings (SSSR count). The Kier molecular flexibility index (Phi) is 5.59. The summed E-state index contributed by atoms with van der Waals surface area (Å²) in [6, 6.07) is 4.36. The molecule has 1 fully saturated rings. The van der Waals surface area contributed by atoms with Gasteiger partial charge in [-0.05, 0) is 32.9 Å². The van der Waals surface area contributed by atoms with E-state index in [4.69, 9.17) is 9.47 Å². The van der Waals surface area contributed by atoms with Crippen LogP contribution in [0.3, 0.4) is 0 Å². The van der Waals surface area contributed by atoms with E-state index in [1.54, 1.807) is 20.8 Å². The molecule has 1 aliphatic heterocycles. The number of nitro groups is 1. The molecule has 1 aliphatic rings. The lowest BCUT2D eigenvalue weighted by Crippen LogP contribution is -2.42. The Bertz CT molecular complexity index is 722. The molecule has 26 heavy (non-hydrogen) atoms. The Morgan fingerprint density at radius 2 is 1.88 bits per heavy atom. The summed E-state index contributed by atoms with van der Waals surface area (Å²) in [7, 11) is 0. The van der Waals surface area contributed by atoms with Gasteiger partial charge < -0.3 is 9.47 Å². The number of ketones is 1. The van der Waals surface area contributed by atoms with Gasteiger partial charge in [0.05, 0.1) is 23.1 Å². The molecule has 9 nitrogen and oxygen atoms in total. The summed E-state index contributed by atoms with van der Waals surface area (Å²) < 4.78 is 10.4. The number of nitro benzene ring substituents is 1. The van der Waals surface area contributed by atoms with E-state index in [0.717, 1.165) is 0 Å². The molecule has 0 saturated carbocycles. The maximum absolute atomic E-state index is 12.2. The van der Waals surface area contributed by atoms with Crippen LogP contribution in [0.5, 0.6) is 0 Å². The third-order valence-corrected chi connectivity index (χ3v) is 3.60. The molecule has 140 valence electrons. The fraction of sp³-hybridized carbons (Fsp3) is 0.471. The van der Waals surface area contributed by atoms with E-state index in [0.29, 0.717) is 0 Å². The van der Waals surface area contributed by atoms with Crippen molar-refractivity contribution < 1.29 is 28.8 Å². The summed E-state index contributed by atoms with van der Waals surface area (Å²) in [5.41, 5.74) is -0.703. The number of hydrogen-bond acceptors (Lipinski definition) is 7. The van der Waals surface area contributed by atoms with E-state index < -0.39 is 28.6 Å². The molecular weight excluding hydrogens is 344 g/mol. The Morgan fingerprint density at radius 1 is 1.27 bits per heavy atom. The molecule has 0 radical (unpaired) electrons. The maximum atomic E-state index is 12.2. The van der Waals surface area contributed by atoms with Crippen LogP contribution in [0.4, 0.5) is 10.5 Å². The van der Waals surface area contributed by atoms with Crippen LogP contribution in [0.2, 0.25) is 0 Å². The Balaban J connectivity index is 1.97. The van der Waals surface area contributed by atoms with Gasteiger partial charge in [0, 0.05) is 18.6 Å². The number of non-ortho nitro benzene ring substituents is 1. The van der Waals surface area contributed by atoms with Gasteiger partial charge in [0.25, 0.3) is 5.69 Å². The van der Waals surface area contributed by atoms with Crippen molar-refractivity contribution in [1.82, 2.24) is 4.90 Å². The zero-order valence-electron chi connectivity index (χ0n) is 14.8. The Hall–Kier alpha value is -2.97. The van der Waals surface area contributed by atoms with Crippen molar-refractivity contribution in [2.75, 3.05) is 13.2 Å². The van der Waals surface area contributed by atoms with Gasteiger partial charge in [0.15, 0.2) is 5.78 Å². The van der Waals surface area contributed by atoms with Gasteiger partial charge in [0.2, 0.25) is 0 Å². The minimum atomic E-state index is -0.706. The minimum absolute atomic E-state index is 0.0762. The number of hydrogen-bond donors (Lipinski definition) is 0. The van der Waals surface area contributed by atoms with E-state index in [2.05, 4.69) is 0 Å². The summed E-state index contributed by atoms with van der Waals surface area (Å²) in [6.45, 7) is 4.89. The topological polar surface area (TPSA) is 116 Å². The largest absolute Gasteiger partial charge is 0.460 e. The SMILES string of the molecule is CC(C)(C)OC(=O)N1CC(=O)CC1COC(=O)c1ccc([N+](=O)[O-])cc1. The van der Waals surface area contributed by atoms with Crippen LogP contribution in [-0.4, -0.2) is 52.5 Å². The summed E-state index contributed by atoms with van der Waals surface area (Å²) in [6.07, 6.45) is -0.563. The summed E-state index contributed by atoms with van der Waals surface area (Å²) in [5.74, 6) is -0.837. The highest BCUT2D eigenvalue weighted by molar-refractivity contribution is 5.90. The van der Waals surface area contributed by atoms with E-state index in [1.807, 2.05) is 0 Å². The second kappa shape index (κ2) is 7.51. The first-order valence-corrected chi connectivity index (χ1v) is 8.00. The van der Waals surface area contributed by atoms with E-state index in [9.17, 15) is 24.5 Å². The molecule has 0 spiro atoms. The highest BCUT2D eigenvalue weighted by Crippen LogP contribution is 2.20. The molecule has 1 heterocycles. The van der Waals surface area contributed by atoms with Crippen molar-refractivity contribution in [2.45, 2.75) is 38.8 Å². The second-order valence-corrected chi connectivity index (χ2v) is 6.91. The lowest BCUT2D eigenvalue weighted by atomic mass is 10.2. The highest BCUT2D eigenvalue weighted by atomic mass is 16.6. The molecular formula is C17H20N2O7. The summed E-state index contributed by atoms with van der Waals surface area (Å²) >= 11 is 0. The molecule has 0 N–H and O–H groups in total. The van der Waals surface area contributed by atoms with Crippen molar-refractivity contribution in [3.63, 3.8) is 0 Å². The smallest absolute Gasteiger partial charge is 0.411 e. The second-order valence-electron chi connectivity index (χ2n) is 6.91. The van der Waals surface area contributed by atoms with Gasteiger partial charge in [-0.25, -0.2) is 9.59 Å². The molecule has 1 aromatic rings. The fourth-order valence-electron chi connectivity index (χ4n) is 2.41. The van der Waals surface area contributed by atoms with Crippen LogP contribution in [-0.2, 0) is 14.3 Å². The number of carbonyl (C=O) groups excluding carboxylic acids is 3. The van der Waals surface area contributed by atoms with Crippen molar-refractivity contribution in [1.29, 1.82) is 0 Å². The third-order valence-electron chi connectivity index (χ3n) is 3.60. The van der Waals surface area contributed by atoms with Gasteiger partial charge in [-0.15, -0.1) is 0 Å². The molecule has 1 atom stereocenters. The molecule has 0 bridgehead atoms. The molecule has 1 saturated heterocycles. The van der Waals surface area contributed by atoms with Crippen molar-refractivity contribution >= 4 is 23.5 Å². The highest BCUT2D eigenvalue weighted by Gasteiger charge is 2.37. The average molecular weight is 364 g/mol. The number of likely N-dealkylation sites (tertiary alicyclic amines) is 1. The van der Waals surface area contributed by atoms with Crippen LogP contribution in [0.15, 0.2) is 24.3 Å². The lowest BCUT2D eigenvalue weighted by molar-refractivity contribution is -0.384. The van der Waals surface area contributed by atoms with Gasteiger partial charge >= 0.3 is 12.1 Å². The lowest BCUT2D eigenvalue weighted by Gasteiger charge is -2.27. The van der Waals surface area contributed by atoms with Crippen LogP contribution in [0.1, 0.15) is 37.6 Å². The van der Waals surface area contributed by atoms with E-state index in [-0.39, 0.29) is 36.6 Å². The Morgan fingerprint density at radius 3 is 2.42 bits per heavy atom. The zero-order valence-corrected chi connectivity index (χ0v) is 14.8. The molecule has 0 aliphatic carbocycles. The number of carbonyl (C=O) groups is 3. The Labute approximate surface area is 150 Å². The van der Waals surface area contributed by atoms with Crippen LogP contribution < -0.4 is 0 Å². The number of Topliss-reactive ketones (excluding diaryl/α,β-unsaturated/α-hetero) is 1. The first kappa shape index (κ1) is 19.4. The number of rotatable bonds is 4. The van der Waals surface area contributed by atoms with Gasteiger partial charge in [-0.1, -0.05) is 0 Å². The first-order valence-electron chi connectivity index (χ1n) is 8.00. The maximum Gasteiger partial charge on any atom is 0.411 e. The quantitative estimate of drug-likeness (QED) is 0.457. The van der Waals surface area contributed by atoms with Crippen molar-refractivity contribution in [3.05, 3.63) is 39.9 Å². The monoisotopic (exact) mass is 364 g/mol. The standard InChI is InChI=1S/C17H20N2O7/c1-17(2,3)26-16(22)18-9-14(20)8-13(18)10-25-15(21)11-4-6-12(7-5-11)19(23)24/h4-7,13H,8-10H2,1-3H3. The summed E-state index contributed by atoms with van der Waals surface area (Å²) in [4.78, 5) is 47.2. The molecule has 1 unspecified atom stereocenters. The minimum Gasteiger partial charge on any atom is -0.460 e. The normalized spacial score (nSPS) is 17.1. The predicted molar refractivity (Wildman–Crippen MR) is 89.7 cm³/mol. The predicted octanol–water partition coefficient (Wildman–Crippen LogP) is 2.33. The van der Waals surface area contributed by atoms with Gasteiger partial charge in [-0.2, -0.15) is 0 Å². The number of amides is 1. The number of benzene rings is 1. The van der Waals surface area contributed by atoms with Crippen molar-refractivity contribution in [2.24, 2.45) is 0 Å². The van der Waals surface area contributed by atoms with Crippen LogP contribution in [0, 0.1) is 10.1 Å². The fourth-order valence-corrected chi connectivity index (χ4v) is 2.41. The molecule has 0 aromatic heterocycles. The van der Waals surface area contributed by atoms with Gasteiger partial charge in [0.1, 0.15) is 12.2 Å². The zero-order chi connectivity index (χ0) is 19.5. The third kappa shape index (κ3) is 5.01.